The molecule has 0 amide bonds. The predicted molar refractivity (Wildman–Crippen MR) is 112 cm³/mol. The number of pyridine rings is 2. The number of nitrogens with one attached hydrogen (secondary N) is 3. The second-order valence-electron chi connectivity index (χ2n) is 7.14. The summed E-state index contributed by atoms with van der Waals surface area (Å²) >= 11 is 4.34. The third-order valence-electron chi connectivity index (χ3n) is 5.19. The quantitative estimate of drug-likeness (QED) is 0.357. The first-order chi connectivity index (χ1) is 13.6. The van der Waals surface area contributed by atoms with E-state index >= 15 is 0 Å². The predicted octanol–water partition coefficient (Wildman–Crippen LogP) is 3.98. The number of halogens is 1. The first-order valence-corrected chi connectivity index (χ1v) is 10.8. The summed E-state index contributed by atoms with van der Waals surface area (Å²) < 4.78 is 22.4. The van der Waals surface area contributed by atoms with Crippen LogP contribution in [0, 0.1) is 5.92 Å². The molecule has 3 aromatic heterocycles. The third kappa shape index (κ3) is 4.52. The number of fused-ring (bicyclic) bond motifs is 1. The van der Waals surface area contributed by atoms with Gasteiger partial charge in [-0.25, -0.2) is 18.9 Å². The zero-order chi connectivity index (χ0) is 19.5. The maximum Gasteiger partial charge on any atom is 0.231 e. The molecule has 3 unspecified atom stereocenters. The van der Waals surface area contributed by atoms with Crippen LogP contribution in [0.1, 0.15) is 25.7 Å². The van der Waals surface area contributed by atoms with Gasteiger partial charge in [0.25, 0.3) is 0 Å². The lowest BCUT2D eigenvalue weighted by molar-refractivity contribution is 0.333. The first kappa shape index (κ1) is 19.3. The molecule has 0 aliphatic heterocycles. The van der Waals surface area contributed by atoms with E-state index in [1.165, 1.54) is 0 Å². The molecule has 1 aliphatic rings. The van der Waals surface area contributed by atoms with Crippen molar-refractivity contribution in [3.05, 3.63) is 41.8 Å². The number of aromatic amines is 1. The van der Waals surface area contributed by atoms with Crippen LogP contribution in [-0.4, -0.2) is 36.3 Å². The van der Waals surface area contributed by atoms with Crippen molar-refractivity contribution in [3.63, 3.8) is 0 Å². The number of H-pyrrole nitrogens is 1. The van der Waals surface area contributed by atoms with Crippen LogP contribution in [0.15, 0.2) is 36.7 Å². The van der Waals surface area contributed by atoms with Crippen molar-refractivity contribution < 1.29 is 8.76 Å². The second-order valence-corrected chi connectivity index (χ2v) is 8.31. The van der Waals surface area contributed by atoms with Crippen LogP contribution in [0.25, 0.3) is 22.2 Å². The summed E-state index contributed by atoms with van der Waals surface area (Å²) in [4.78, 5) is 12.0. The van der Waals surface area contributed by atoms with Gasteiger partial charge in [-0.15, -0.1) is 0 Å². The van der Waals surface area contributed by atoms with Gasteiger partial charge in [0.1, 0.15) is 16.6 Å². The molecule has 0 radical (unpaired) electrons. The van der Waals surface area contributed by atoms with Crippen LogP contribution in [0.3, 0.4) is 0 Å². The van der Waals surface area contributed by atoms with Crippen molar-refractivity contribution in [3.8, 4) is 11.1 Å². The summed E-state index contributed by atoms with van der Waals surface area (Å²) in [7, 11) is 0. The van der Waals surface area contributed by atoms with E-state index in [1.807, 2.05) is 30.5 Å². The Morgan fingerprint density at radius 1 is 1.36 bits per heavy atom. The number of nitrogens with zero attached hydrogens (tertiary/aromatic N) is 2. The topological polar surface area (TPSA) is 103 Å². The number of hydrogen-bond donors (Lipinski definition) is 4. The Morgan fingerprint density at radius 3 is 3.11 bits per heavy atom. The van der Waals surface area contributed by atoms with Gasteiger partial charge in [0.2, 0.25) is 11.3 Å². The molecule has 1 fully saturated rings. The van der Waals surface area contributed by atoms with Gasteiger partial charge in [0.15, 0.2) is 0 Å². The number of aromatic nitrogens is 3. The summed E-state index contributed by atoms with van der Waals surface area (Å²) in [5, 5.41) is 4.97. The molecule has 1 aliphatic carbocycles. The largest absolute Gasteiger partial charge is 0.367 e. The van der Waals surface area contributed by atoms with Gasteiger partial charge in [-0.05, 0) is 55.0 Å². The van der Waals surface area contributed by atoms with Crippen molar-refractivity contribution in [2.75, 3.05) is 11.9 Å². The number of hydrogen-bond acceptors (Lipinski definition) is 4. The fraction of sp³-hybridized carbons (Fsp3) is 0.368. The zero-order valence-corrected chi connectivity index (χ0v) is 16.8. The molecule has 7 nitrogen and oxygen atoms in total. The molecule has 3 atom stereocenters. The van der Waals surface area contributed by atoms with Crippen molar-refractivity contribution in [2.24, 2.45) is 5.92 Å². The van der Waals surface area contributed by atoms with E-state index in [9.17, 15) is 4.21 Å². The average molecular weight is 420 g/mol. The van der Waals surface area contributed by atoms with E-state index in [2.05, 4.69) is 25.0 Å². The molecule has 4 N–H and O–H groups in total. The summed E-state index contributed by atoms with van der Waals surface area (Å²) in [6, 6.07) is 8.06. The van der Waals surface area contributed by atoms with Gasteiger partial charge in [0.05, 0.1) is 0 Å². The fourth-order valence-corrected chi connectivity index (χ4v) is 4.51. The molecular weight excluding hydrogens is 398 g/mol. The highest BCUT2D eigenvalue weighted by Gasteiger charge is 2.23. The lowest BCUT2D eigenvalue weighted by atomic mass is 9.86. The van der Waals surface area contributed by atoms with Gasteiger partial charge in [-0.2, -0.15) is 0 Å². The second kappa shape index (κ2) is 8.57. The van der Waals surface area contributed by atoms with E-state index in [-0.39, 0.29) is 6.04 Å². The Hall–Kier alpha value is -2.00. The van der Waals surface area contributed by atoms with Crippen LogP contribution in [0.4, 0.5) is 5.82 Å². The molecule has 0 aromatic carbocycles. The van der Waals surface area contributed by atoms with E-state index < -0.39 is 11.3 Å². The van der Waals surface area contributed by atoms with Crippen LogP contribution >= 0.6 is 11.6 Å². The summed E-state index contributed by atoms with van der Waals surface area (Å²) in [6.07, 6.45) is 7.78. The zero-order valence-electron chi connectivity index (χ0n) is 15.2. The molecule has 0 bridgehead atoms. The molecule has 3 heterocycles. The molecule has 9 heteroatoms. The molecule has 0 spiro atoms. The molecule has 3 aromatic rings. The Kier molecular flexibility index (Phi) is 5.91. The first-order valence-electron chi connectivity index (χ1n) is 9.29. The molecular formula is C19H22ClN5O2S. The standard InChI is InChI=1S/C19H22ClN5O2S/c20-17-8-13(16-11-22-19-15(16)5-2-6-21-19)9-18(25-17)24-14-4-1-3-12(7-14)10-23-28(26)27/h2,5-6,8-9,11-12,14,23H,1,3-4,7,10H2,(H,21,22)(H,24,25)(H,26,27). The monoisotopic (exact) mass is 419 g/mol. The van der Waals surface area contributed by atoms with Gasteiger partial charge < -0.3 is 10.3 Å². The highest BCUT2D eigenvalue weighted by molar-refractivity contribution is 7.77. The van der Waals surface area contributed by atoms with Gasteiger partial charge >= 0.3 is 0 Å². The normalized spacial score (nSPS) is 20.9. The van der Waals surface area contributed by atoms with E-state index in [0.717, 1.165) is 53.7 Å². The maximum absolute atomic E-state index is 10.8. The van der Waals surface area contributed by atoms with Crippen molar-refractivity contribution in [1.82, 2.24) is 19.7 Å². The summed E-state index contributed by atoms with van der Waals surface area (Å²) in [5.74, 6) is 1.10. The third-order valence-corrected chi connectivity index (χ3v) is 5.79. The van der Waals surface area contributed by atoms with E-state index in [1.54, 1.807) is 6.20 Å². The van der Waals surface area contributed by atoms with Crippen LogP contribution in [0.5, 0.6) is 0 Å². The molecule has 148 valence electrons. The van der Waals surface area contributed by atoms with E-state index in [0.29, 0.717) is 17.6 Å². The molecule has 1 saturated carbocycles. The minimum absolute atomic E-state index is 0.260. The summed E-state index contributed by atoms with van der Waals surface area (Å²) in [6.45, 7) is 0.540. The highest BCUT2D eigenvalue weighted by atomic mass is 35.5. The molecule has 4 rings (SSSR count). The maximum atomic E-state index is 10.8. The van der Waals surface area contributed by atoms with Crippen molar-refractivity contribution >= 4 is 39.7 Å². The van der Waals surface area contributed by atoms with Crippen molar-refractivity contribution in [2.45, 2.75) is 31.7 Å². The number of anilines is 1. The lowest BCUT2D eigenvalue weighted by Gasteiger charge is -2.30. The highest BCUT2D eigenvalue weighted by Crippen LogP contribution is 2.32. The minimum atomic E-state index is -1.96. The summed E-state index contributed by atoms with van der Waals surface area (Å²) in [5.41, 5.74) is 2.85. The van der Waals surface area contributed by atoms with E-state index in [4.69, 9.17) is 16.2 Å². The van der Waals surface area contributed by atoms with Crippen molar-refractivity contribution in [1.29, 1.82) is 0 Å². The molecule has 0 saturated heterocycles. The average Bonchev–Trinajstić information content (AvgIpc) is 3.10. The Labute approximate surface area is 170 Å². The Balaban J connectivity index is 1.52. The van der Waals surface area contributed by atoms with Gasteiger partial charge in [0, 0.05) is 35.9 Å². The Morgan fingerprint density at radius 2 is 2.25 bits per heavy atom. The fourth-order valence-electron chi connectivity index (χ4n) is 3.93. The molecule has 28 heavy (non-hydrogen) atoms. The van der Waals surface area contributed by atoms with Crippen LogP contribution in [-0.2, 0) is 11.3 Å². The lowest BCUT2D eigenvalue weighted by Crippen LogP contribution is -2.33. The van der Waals surface area contributed by atoms with Crippen LogP contribution in [0.2, 0.25) is 5.15 Å². The SMILES string of the molecule is O=S(O)NCC1CCCC(Nc2cc(-c3c[nH]c4ncccc34)cc(Cl)n2)C1. The Bertz CT molecular complexity index is 995. The minimum Gasteiger partial charge on any atom is -0.367 e. The van der Waals surface area contributed by atoms with Gasteiger partial charge in [-0.3, -0.25) is 4.55 Å². The number of rotatable bonds is 6. The smallest absolute Gasteiger partial charge is 0.231 e. The van der Waals surface area contributed by atoms with Gasteiger partial charge in [-0.1, -0.05) is 18.0 Å². The van der Waals surface area contributed by atoms with Crippen LogP contribution < -0.4 is 10.0 Å².